The molecule has 5 aromatic carbocycles. The fraction of sp³-hybridized carbons (Fsp3) is 0. The van der Waals surface area contributed by atoms with E-state index in [0.717, 1.165) is 44.1 Å². The average Bonchev–Trinajstić information content (AvgIpc) is 3.53. The Morgan fingerprint density at radius 2 is 1.10 bits per heavy atom. The molecule has 1 aliphatic heterocycles. The van der Waals surface area contributed by atoms with Gasteiger partial charge in [0.25, 0.3) is 11.8 Å². The summed E-state index contributed by atoms with van der Waals surface area (Å²) in [6.45, 7) is 0. The van der Waals surface area contributed by atoms with Gasteiger partial charge >= 0.3 is 0 Å². The molecule has 3 heterocycles. The second kappa shape index (κ2) is 9.39. The molecule has 8 rings (SSSR count). The molecular weight excluding hydrogens is 518 g/mol. The molecule has 0 radical (unpaired) electrons. The highest BCUT2D eigenvalue weighted by Gasteiger charge is 2.40. The first-order valence-electron chi connectivity index (χ1n) is 13.8. The Hall–Kier alpha value is -5.81. The van der Waals surface area contributed by atoms with Crippen LogP contribution in [0.5, 0.6) is 0 Å². The minimum atomic E-state index is -0.332. The highest BCUT2D eigenvalue weighted by molar-refractivity contribution is 6.36. The van der Waals surface area contributed by atoms with Crippen molar-refractivity contribution in [1.82, 2.24) is 9.55 Å². The molecule has 5 heteroatoms. The molecule has 0 bridgehead atoms. The molecule has 0 saturated carbocycles. The zero-order chi connectivity index (χ0) is 28.2. The van der Waals surface area contributed by atoms with Crippen molar-refractivity contribution in [2.24, 2.45) is 0 Å². The van der Waals surface area contributed by atoms with E-state index in [-0.39, 0.29) is 11.8 Å². The fourth-order valence-corrected chi connectivity index (χ4v) is 6.24. The summed E-state index contributed by atoms with van der Waals surface area (Å²) in [5.41, 5.74) is 7.79. The van der Waals surface area contributed by atoms with E-state index in [1.165, 1.54) is 4.90 Å². The normalized spacial score (nSPS) is 12.8. The van der Waals surface area contributed by atoms with Gasteiger partial charge in [0.2, 0.25) is 0 Å². The van der Waals surface area contributed by atoms with Crippen LogP contribution in [-0.4, -0.2) is 21.4 Å². The first-order valence-corrected chi connectivity index (χ1v) is 13.8. The highest BCUT2D eigenvalue weighted by atomic mass is 16.2. The number of hydrogen-bond acceptors (Lipinski definition) is 3. The number of rotatable bonds is 4. The van der Waals surface area contributed by atoms with Crippen LogP contribution in [0.3, 0.4) is 0 Å². The number of aromatic nitrogens is 2. The molecule has 0 atom stereocenters. The number of pyridine rings is 1. The van der Waals surface area contributed by atoms with Gasteiger partial charge in [-0.15, -0.1) is 0 Å². The molecule has 5 nitrogen and oxygen atoms in total. The van der Waals surface area contributed by atoms with Crippen LogP contribution < -0.4 is 4.90 Å². The van der Waals surface area contributed by atoms with Gasteiger partial charge in [0, 0.05) is 34.3 Å². The highest BCUT2D eigenvalue weighted by Crippen LogP contribution is 2.42. The number of imide groups is 1. The summed E-state index contributed by atoms with van der Waals surface area (Å²) in [6, 6.07) is 41.4. The Labute approximate surface area is 241 Å². The van der Waals surface area contributed by atoms with Gasteiger partial charge in [-0.1, -0.05) is 91.0 Å². The van der Waals surface area contributed by atoms with E-state index in [9.17, 15) is 9.59 Å². The minimum Gasteiger partial charge on any atom is -0.308 e. The molecular formula is C37H23N3O2. The lowest BCUT2D eigenvalue weighted by Gasteiger charge is -2.19. The maximum atomic E-state index is 14.4. The average molecular weight is 542 g/mol. The Kier molecular flexibility index (Phi) is 5.37. The molecule has 0 saturated heterocycles. The van der Waals surface area contributed by atoms with Crippen molar-refractivity contribution in [2.75, 3.05) is 4.90 Å². The van der Waals surface area contributed by atoms with E-state index in [4.69, 9.17) is 0 Å². The molecule has 2 amide bonds. The third-order valence-corrected chi connectivity index (χ3v) is 8.05. The van der Waals surface area contributed by atoms with Crippen molar-refractivity contribution < 1.29 is 9.59 Å². The number of benzene rings is 5. The molecule has 0 unspecified atom stereocenters. The summed E-state index contributed by atoms with van der Waals surface area (Å²) >= 11 is 0. The van der Waals surface area contributed by atoms with E-state index in [0.29, 0.717) is 22.5 Å². The van der Waals surface area contributed by atoms with Crippen LogP contribution in [0, 0.1) is 0 Å². The topological polar surface area (TPSA) is 55.2 Å². The maximum absolute atomic E-state index is 14.4. The van der Waals surface area contributed by atoms with Crippen LogP contribution in [-0.2, 0) is 0 Å². The fourth-order valence-electron chi connectivity index (χ4n) is 6.24. The summed E-state index contributed by atoms with van der Waals surface area (Å²) in [5.74, 6) is -0.656. The summed E-state index contributed by atoms with van der Waals surface area (Å²) in [5, 5.41) is 2.14. The quantitative estimate of drug-likeness (QED) is 0.211. The number of fused-ring (bicyclic) bond motifs is 4. The van der Waals surface area contributed by atoms with Crippen molar-refractivity contribution in [3.8, 4) is 27.9 Å². The molecule has 0 fully saturated rings. The molecule has 2 aromatic heterocycles. The number of hydrogen-bond donors (Lipinski definition) is 0. The van der Waals surface area contributed by atoms with Crippen LogP contribution in [0.1, 0.15) is 20.7 Å². The van der Waals surface area contributed by atoms with E-state index in [2.05, 4.69) is 39.9 Å². The summed E-state index contributed by atoms with van der Waals surface area (Å²) in [7, 11) is 0. The van der Waals surface area contributed by atoms with Crippen molar-refractivity contribution in [3.05, 3.63) is 151 Å². The lowest BCUT2D eigenvalue weighted by atomic mass is 10.0. The number of nitrogens with zero attached hydrogens (tertiary/aromatic N) is 3. The van der Waals surface area contributed by atoms with Crippen molar-refractivity contribution in [1.29, 1.82) is 0 Å². The lowest BCUT2D eigenvalue weighted by Crippen LogP contribution is -2.30. The van der Waals surface area contributed by atoms with E-state index >= 15 is 0 Å². The maximum Gasteiger partial charge on any atom is 0.268 e. The molecule has 42 heavy (non-hydrogen) atoms. The zero-order valence-corrected chi connectivity index (χ0v) is 22.4. The minimum absolute atomic E-state index is 0.324. The third-order valence-electron chi connectivity index (χ3n) is 8.05. The smallest absolute Gasteiger partial charge is 0.268 e. The molecule has 7 aromatic rings. The van der Waals surface area contributed by atoms with Crippen LogP contribution >= 0.6 is 0 Å². The van der Waals surface area contributed by atoms with Gasteiger partial charge in [0.05, 0.1) is 33.5 Å². The number of amides is 2. The van der Waals surface area contributed by atoms with Gasteiger partial charge in [0.1, 0.15) is 0 Å². The Morgan fingerprint density at radius 3 is 1.95 bits per heavy atom. The first-order chi connectivity index (χ1) is 20.7. The monoisotopic (exact) mass is 541 g/mol. The molecule has 1 aliphatic rings. The van der Waals surface area contributed by atoms with Crippen molar-refractivity contribution in [2.45, 2.75) is 0 Å². The van der Waals surface area contributed by atoms with E-state index in [1.807, 2.05) is 91.0 Å². The molecule has 0 N–H and O–H groups in total. The third kappa shape index (κ3) is 3.47. The van der Waals surface area contributed by atoms with E-state index < -0.39 is 0 Å². The predicted octanol–water partition coefficient (Wildman–Crippen LogP) is 8.31. The van der Waals surface area contributed by atoms with Crippen LogP contribution in [0.15, 0.2) is 140 Å². The van der Waals surface area contributed by atoms with Gasteiger partial charge in [-0.2, -0.15) is 0 Å². The van der Waals surface area contributed by atoms with Crippen molar-refractivity contribution >= 4 is 39.3 Å². The van der Waals surface area contributed by atoms with Crippen LogP contribution in [0.2, 0.25) is 0 Å². The number of carbonyl (C=O) groups is 2. The number of carbonyl (C=O) groups excluding carboxylic acids is 2. The summed E-state index contributed by atoms with van der Waals surface area (Å²) in [6.07, 6.45) is 3.57. The van der Waals surface area contributed by atoms with Crippen LogP contribution in [0.4, 0.5) is 5.69 Å². The summed E-state index contributed by atoms with van der Waals surface area (Å²) in [4.78, 5) is 34.0. The number of para-hydroxylation sites is 3. The Morgan fingerprint density at radius 1 is 0.476 bits per heavy atom. The van der Waals surface area contributed by atoms with Crippen LogP contribution in [0.25, 0.3) is 49.7 Å². The largest absolute Gasteiger partial charge is 0.308 e. The molecule has 0 aliphatic carbocycles. The lowest BCUT2D eigenvalue weighted by molar-refractivity contribution is 0.0926. The van der Waals surface area contributed by atoms with Gasteiger partial charge in [-0.3, -0.25) is 14.6 Å². The number of anilines is 1. The van der Waals surface area contributed by atoms with Crippen molar-refractivity contribution in [3.63, 3.8) is 0 Å². The predicted molar refractivity (Wildman–Crippen MR) is 167 cm³/mol. The second-order valence-electron chi connectivity index (χ2n) is 10.3. The van der Waals surface area contributed by atoms with Gasteiger partial charge in [0.15, 0.2) is 0 Å². The van der Waals surface area contributed by atoms with E-state index in [1.54, 1.807) is 18.5 Å². The Balaban J connectivity index is 1.39. The van der Waals surface area contributed by atoms with Gasteiger partial charge in [-0.05, 0) is 47.5 Å². The van der Waals surface area contributed by atoms with Gasteiger partial charge < -0.3 is 4.57 Å². The van der Waals surface area contributed by atoms with Gasteiger partial charge in [-0.25, -0.2) is 4.90 Å². The Bertz CT molecular complexity index is 2180. The zero-order valence-electron chi connectivity index (χ0n) is 22.4. The first kappa shape index (κ1) is 24.0. The molecule has 0 spiro atoms. The standard InChI is InChI=1S/C37H23N3O2/c41-36-30-16-9-19-33(34(30)37(42)40(36)31-17-6-4-12-26(31)24-10-2-1-3-11-24)39-32-18-7-5-13-28(32)29-15-8-14-27(35(29)39)25-20-22-38-23-21-25/h1-23H. The molecule has 198 valence electrons. The summed E-state index contributed by atoms with van der Waals surface area (Å²) < 4.78 is 2.14. The second-order valence-corrected chi connectivity index (χ2v) is 10.3. The SMILES string of the molecule is O=C1c2cccc(-n3c4ccccc4c4cccc(-c5ccncc5)c43)c2C(=O)N1c1ccccc1-c1ccccc1.